The summed E-state index contributed by atoms with van der Waals surface area (Å²) >= 11 is 1.44. The lowest BCUT2D eigenvalue weighted by Gasteiger charge is -2.14. The van der Waals surface area contributed by atoms with Crippen LogP contribution in [0.25, 0.3) is 11.4 Å². The van der Waals surface area contributed by atoms with Crippen LogP contribution < -0.4 is 5.73 Å². The Balaban J connectivity index is 1.84. The summed E-state index contributed by atoms with van der Waals surface area (Å²) in [5, 5.41) is 9.20. The summed E-state index contributed by atoms with van der Waals surface area (Å²) < 4.78 is 20.9. The number of hydrogen-bond acceptors (Lipinski definition) is 5. The average Bonchev–Trinajstić information content (AvgIpc) is 3.19. The second kappa shape index (κ2) is 7.76. The highest BCUT2D eigenvalue weighted by Gasteiger charge is 2.21. The van der Waals surface area contributed by atoms with Crippen molar-refractivity contribution in [3.8, 4) is 11.4 Å². The normalized spacial score (nSPS) is 17.3. The first kappa shape index (κ1) is 16.9. The minimum atomic E-state index is -0.341. The third-order valence-electron chi connectivity index (χ3n) is 3.81. The van der Waals surface area contributed by atoms with Crippen LogP contribution in [0, 0.1) is 5.82 Å². The molecule has 1 saturated heterocycles. The van der Waals surface area contributed by atoms with E-state index in [9.17, 15) is 9.18 Å². The van der Waals surface area contributed by atoms with E-state index >= 15 is 0 Å². The van der Waals surface area contributed by atoms with Crippen molar-refractivity contribution >= 4 is 17.7 Å². The standard InChI is InChI=1S/C16H19FN4O2S/c17-12-5-3-11(4-6-12)15-19-20-16(24-9-7-14(18)22)21(15)10-13-2-1-8-23-13/h3-6,13H,1-2,7-10H2,(H2,18,22). The van der Waals surface area contributed by atoms with E-state index in [4.69, 9.17) is 10.5 Å². The number of halogens is 1. The Bertz CT molecular complexity index is 699. The fourth-order valence-electron chi connectivity index (χ4n) is 2.61. The summed E-state index contributed by atoms with van der Waals surface area (Å²) in [6, 6.07) is 6.17. The van der Waals surface area contributed by atoms with Crippen molar-refractivity contribution in [3.63, 3.8) is 0 Å². The zero-order valence-electron chi connectivity index (χ0n) is 13.2. The highest BCUT2D eigenvalue weighted by Crippen LogP contribution is 2.27. The van der Waals surface area contributed by atoms with Gasteiger partial charge in [-0.25, -0.2) is 4.39 Å². The lowest BCUT2D eigenvalue weighted by molar-refractivity contribution is -0.117. The molecule has 0 spiro atoms. The first-order valence-electron chi connectivity index (χ1n) is 7.85. The summed E-state index contributed by atoms with van der Waals surface area (Å²) in [7, 11) is 0. The Morgan fingerprint density at radius 1 is 1.38 bits per heavy atom. The predicted molar refractivity (Wildman–Crippen MR) is 88.9 cm³/mol. The van der Waals surface area contributed by atoms with Crippen LogP contribution in [0.3, 0.4) is 0 Å². The molecule has 0 aliphatic carbocycles. The molecule has 1 fully saturated rings. The largest absolute Gasteiger partial charge is 0.376 e. The van der Waals surface area contributed by atoms with Crippen molar-refractivity contribution in [2.75, 3.05) is 12.4 Å². The fourth-order valence-corrected chi connectivity index (χ4v) is 3.51. The number of carbonyl (C=O) groups excluding carboxylic acids is 1. The van der Waals surface area contributed by atoms with Crippen LogP contribution in [0.5, 0.6) is 0 Å². The second-order valence-corrected chi connectivity index (χ2v) is 6.69. The Labute approximate surface area is 143 Å². The zero-order valence-corrected chi connectivity index (χ0v) is 14.0. The number of aromatic nitrogens is 3. The first-order valence-corrected chi connectivity index (χ1v) is 8.84. The van der Waals surface area contributed by atoms with Gasteiger partial charge in [-0.1, -0.05) is 11.8 Å². The number of rotatable bonds is 7. The minimum absolute atomic E-state index is 0.121. The lowest BCUT2D eigenvalue weighted by Crippen LogP contribution is -2.17. The molecule has 1 aliphatic heterocycles. The van der Waals surface area contributed by atoms with Crippen molar-refractivity contribution in [2.45, 2.75) is 37.1 Å². The first-order chi connectivity index (χ1) is 11.6. The molecule has 0 radical (unpaired) electrons. The Morgan fingerprint density at radius 3 is 2.83 bits per heavy atom. The Kier molecular flexibility index (Phi) is 5.47. The van der Waals surface area contributed by atoms with Gasteiger partial charge in [-0.15, -0.1) is 10.2 Å². The van der Waals surface area contributed by atoms with E-state index in [0.29, 0.717) is 23.3 Å². The third-order valence-corrected chi connectivity index (χ3v) is 4.78. The molecule has 6 nitrogen and oxygen atoms in total. The topological polar surface area (TPSA) is 83.0 Å². The van der Waals surface area contributed by atoms with Crippen LogP contribution in [0.2, 0.25) is 0 Å². The number of benzene rings is 1. The van der Waals surface area contributed by atoms with Gasteiger partial charge in [0, 0.05) is 24.3 Å². The van der Waals surface area contributed by atoms with E-state index in [1.165, 1.54) is 23.9 Å². The van der Waals surface area contributed by atoms with E-state index in [1.54, 1.807) is 12.1 Å². The molecule has 1 aliphatic rings. The van der Waals surface area contributed by atoms with Gasteiger partial charge in [-0.05, 0) is 37.1 Å². The molecule has 128 valence electrons. The fraction of sp³-hybridized carbons (Fsp3) is 0.438. The summed E-state index contributed by atoms with van der Waals surface area (Å²) in [5.74, 6) is 0.584. The maximum absolute atomic E-state index is 13.2. The molecule has 1 aromatic heterocycles. The lowest BCUT2D eigenvalue weighted by atomic mass is 10.2. The molecule has 1 atom stereocenters. The number of nitrogens with zero attached hydrogens (tertiary/aromatic N) is 3. The summed E-state index contributed by atoms with van der Waals surface area (Å²) in [6.45, 7) is 1.40. The quantitative estimate of drug-likeness (QED) is 0.774. The molecule has 3 rings (SSSR count). The number of carbonyl (C=O) groups is 1. The molecule has 24 heavy (non-hydrogen) atoms. The number of nitrogens with two attached hydrogens (primary N) is 1. The molecular weight excluding hydrogens is 331 g/mol. The van der Waals surface area contributed by atoms with E-state index in [2.05, 4.69) is 10.2 Å². The monoisotopic (exact) mass is 350 g/mol. The van der Waals surface area contributed by atoms with Crippen molar-refractivity contribution < 1.29 is 13.9 Å². The minimum Gasteiger partial charge on any atom is -0.376 e. The van der Waals surface area contributed by atoms with Crippen LogP contribution in [0.15, 0.2) is 29.4 Å². The number of primary amides is 1. The molecular formula is C16H19FN4O2S. The maximum atomic E-state index is 13.2. The van der Waals surface area contributed by atoms with Crippen molar-refractivity contribution in [3.05, 3.63) is 30.1 Å². The second-order valence-electron chi connectivity index (χ2n) is 5.62. The predicted octanol–water partition coefficient (Wildman–Crippen LogP) is 2.23. The average molecular weight is 350 g/mol. The molecule has 2 aromatic rings. The number of thioether (sulfide) groups is 1. The third kappa shape index (κ3) is 4.12. The van der Waals surface area contributed by atoms with Crippen LogP contribution >= 0.6 is 11.8 Å². The van der Waals surface area contributed by atoms with Gasteiger partial charge in [0.25, 0.3) is 0 Å². The van der Waals surface area contributed by atoms with Gasteiger partial charge in [0.2, 0.25) is 5.91 Å². The van der Waals surface area contributed by atoms with Crippen molar-refractivity contribution in [1.82, 2.24) is 14.8 Å². The molecule has 2 heterocycles. The summed E-state index contributed by atoms with van der Waals surface area (Å²) in [5.41, 5.74) is 5.98. The number of amides is 1. The molecule has 0 saturated carbocycles. The zero-order chi connectivity index (χ0) is 16.9. The SMILES string of the molecule is NC(=O)CCSc1nnc(-c2ccc(F)cc2)n1CC1CCCO1. The van der Waals surface area contributed by atoms with E-state index in [-0.39, 0.29) is 24.2 Å². The van der Waals surface area contributed by atoms with Gasteiger partial charge in [0.05, 0.1) is 12.6 Å². The van der Waals surface area contributed by atoms with Crippen molar-refractivity contribution in [1.29, 1.82) is 0 Å². The van der Waals surface area contributed by atoms with E-state index in [0.717, 1.165) is 25.0 Å². The smallest absolute Gasteiger partial charge is 0.218 e. The molecule has 1 aromatic carbocycles. The summed E-state index contributed by atoms with van der Waals surface area (Å²) in [6.07, 6.45) is 2.44. The maximum Gasteiger partial charge on any atom is 0.218 e. The van der Waals surface area contributed by atoms with Crippen LogP contribution in [0.4, 0.5) is 4.39 Å². The molecule has 2 N–H and O–H groups in total. The highest BCUT2D eigenvalue weighted by molar-refractivity contribution is 7.99. The van der Waals surface area contributed by atoms with Gasteiger partial charge in [-0.3, -0.25) is 9.36 Å². The summed E-state index contributed by atoms with van der Waals surface area (Å²) in [4.78, 5) is 10.9. The van der Waals surface area contributed by atoms with Gasteiger partial charge in [0.1, 0.15) is 5.82 Å². The molecule has 1 unspecified atom stereocenters. The number of ether oxygens (including phenoxy) is 1. The van der Waals surface area contributed by atoms with Gasteiger partial charge < -0.3 is 10.5 Å². The molecule has 1 amide bonds. The van der Waals surface area contributed by atoms with E-state index < -0.39 is 0 Å². The molecule has 0 bridgehead atoms. The van der Waals surface area contributed by atoms with Crippen LogP contribution in [-0.4, -0.2) is 39.1 Å². The van der Waals surface area contributed by atoms with Gasteiger partial charge in [-0.2, -0.15) is 0 Å². The van der Waals surface area contributed by atoms with Gasteiger partial charge >= 0.3 is 0 Å². The Hall–Kier alpha value is -1.93. The number of hydrogen-bond donors (Lipinski definition) is 1. The van der Waals surface area contributed by atoms with Crippen molar-refractivity contribution in [2.24, 2.45) is 5.73 Å². The molecule has 8 heteroatoms. The Morgan fingerprint density at radius 2 is 2.17 bits per heavy atom. The highest BCUT2D eigenvalue weighted by atomic mass is 32.2. The van der Waals surface area contributed by atoms with E-state index in [1.807, 2.05) is 4.57 Å². The van der Waals surface area contributed by atoms with Gasteiger partial charge in [0.15, 0.2) is 11.0 Å². The van der Waals surface area contributed by atoms with Crippen LogP contribution in [0.1, 0.15) is 19.3 Å². The van der Waals surface area contributed by atoms with Crippen LogP contribution in [-0.2, 0) is 16.1 Å².